The average Bonchev–Trinajstić information content (AvgIpc) is 3.04. The first kappa shape index (κ1) is 21.5. The van der Waals surface area contributed by atoms with Gasteiger partial charge < -0.3 is 19.9 Å². The minimum absolute atomic E-state index is 0.101. The molecular formula is C19H23N3O5S. The lowest BCUT2D eigenvalue weighted by molar-refractivity contribution is -0.115. The number of carbonyl (C=O) groups is 3. The number of anilines is 2. The number of nitrogens with zero attached hydrogens (tertiary/aromatic N) is 1. The van der Waals surface area contributed by atoms with Crippen LogP contribution in [0, 0.1) is 6.92 Å². The van der Waals surface area contributed by atoms with Crippen LogP contribution in [0.5, 0.6) is 0 Å². The Morgan fingerprint density at radius 2 is 1.82 bits per heavy atom. The van der Waals surface area contributed by atoms with Crippen molar-refractivity contribution in [2.24, 2.45) is 0 Å². The number of ether oxygens (including phenoxy) is 1. The van der Waals surface area contributed by atoms with Gasteiger partial charge in [0.2, 0.25) is 11.8 Å². The van der Waals surface area contributed by atoms with Crippen molar-refractivity contribution < 1.29 is 23.6 Å². The minimum atomic E-state index is -0.448. The van der Waals surface area contributed by atoms with E-state index >= 15 is 0 Å². The zero-order valence-corrected chi connectivity index (χ0v) is 17.0. The van der Waals surface area contributed by atoms with Gasteiger partial charge in [0.15, 0.2) is 5.82 Å². The molecule has 8 nitrogen and oxygen atoms in total. The zero-order valence-electron chi connectivity index (χ0n) is 16.1. The zero-order chi connectivity index (χ0) is 20.7. The Balaban J connectivity index is 1.78. The molecule has 0 aliphatic rings. The summed E-state index contributed by atoms with van der Waals surface area (Å²) in [6.45, 7) is 6.98. The van der Waals surface area contributed by atoms with Gasteiger partial charge in [-0.05, 0) is 52.0 Å². The highest BCUT2D eigenvalue weighted by atomic mass is 32.2. The first-order valence-electron chi connectivity index (χ1n) is 8.71. The number of thioether (sulfide) groups is 1. The van der Waals surface area contributed by atoms with Crippen LogP contribution in [0.15, 0.2) is 34.9 Å². The lowest BCUT2D eigenvalue weighted by atomic mass is 10.2. The van der Waals surface area contributed by atoms with E-state index in [1.165, 1.54) is 11.8 Å². The van der Waals surface area contributed by atoms with Crippen LogP contribution in [0.2, 0.25) is 0 Å². The first-order valence-corrected chi connectivity index (χ1v) is 9.76. The molecule has 0 aliphatic heterocycles. The van der Waals surface area contributed by atoms with Crippen molar-refractivity contribution in [2.45, 2.75) is 39.0 Å². The summed E-state index contributed by atoms with van der Waals surface area (Å²) < 4.78 is 10.00. The predicted molar refractivity (Wildman–Crippen MR) is 107 cm³/mol. The normalized spacial score (nSPS) is 11.8. The number of rotatable bonds is 8. The van der Waals surface area contributed by atoms with Gasteiger partial charge in [-0.15, -0.1) is 11.8 Å². The maximum Gasteiger partial charge on any atom is 0.338 e. The average molecular weight is 405 g/mol. The van der Waals surface area contributed by atoms with Gasteiger partial charge in [-0.3, -0.25) is 9.59 Å². The van der Waals surface area contributed by atoms with Gasteiger partial charge in [0.25, 0.3) is 0 Å². The molecule has 0 saturated carbocycles. The Morgan fingerprint density at radius 1 is 1.14 bits per heavy atom. The standard InChI is InChI=1S/C19H23N3O5S/c1-11(2)26-19(25)14-5-7-15(8-6-14)20-17(23)10-28-13(4)18(24)21-16-9-12(3)27-22-16/h5-9,11,13H,10H2,1-4H3,(H,20,23)(H,21,22,24). The van der Waals surface area contributed by atoms with Crippen LogP contribution in [-0.4, -0.2) is 40.0 Å². The van der Waals surface area contributed by atoms with Crippen molar-refractivity contribution in [2.75, 3.05) is 16.4 Å². The Kier molecular flexibility index (Phi) is 7.62. The summed E-state index contributed by atoms with van der Waals surface area (Å²) in [5.41, 5.74) is 0.969. The molecule has 1 unspecified atom stereocenters. The third kappa shape index (κ3) is 6.73. The quantitative estimate of drug-likeness (QED) is 0.649. The van der Waals surface area contributed by atoms with Gasteiger partial charge in [0.1, 0.15) is 5.76 Å². The molecule has 150 valence electrons. The van der Waals surface area contributed by atoms with E-state index in [-0.39, 0.29) is 23.7 Å². The van der Waals surface area contributed by atoms with Crippen LogP contribution in [0.25, 0.3) is 0 Å². The fourth-order valence-corrected chi connectivity index (χ4v) is 2.78. The molecule has 0 aliphatic carbocycles. The van der Waals surface area contributed by atoms with Crippen LogP contribution in [0.4, 0.5) is 11.5 Å². The Hall–Kier alpha value is -2.81. The van der Waals surface area contributed by atoms with Crippen LogP contribution in [-0.2, 0) is 14.3 Å². The molecule has 1 aromatic heterocycles. The largest absolute Gasteiger partial charge is 0.459 e. The lowest BCUT2D eigenvalue weighted by Crippen LogP contribution is -2.25. The van der Waals surface area contributed by atoms with E-state index < -0.39 is 11.2 Å². The Morgan fingerprint density at radius 3 is 2.39 bits per heavy atom. The van der Waals surface area contributed by atoms with E-state index in [9.17, 15) is 14.4 Å². The van der Waals surface area contributed by atoms with Gasteiger partial charge in [0.05, 0.1) is 22.7 Å². The van der Waals surface area contributed by atoms with Crippen molar-refractivity contribution in [3.05, 3.63) is 41.7 Å². The molecule has 1 heterocycles. The molecule has 2 rings (SSSR count). The van der Waals surface area contributed by atoms with Crippen LogP contribution in [0.3, 0.4) is 0 Å². The van der Waals surface area contributed by atoms with Crippen LogP contribution >= 0.6 is 11.8 Å². The lowest BCUT2D eigenvalue weighted by Gasteiger charge is -2.11. The Labute approximate surface area is 167 Å². The SMILES string of the molecule is Cc1cc(NC(=O)C(C)SCC(=O)Nc2ccc(C(=O)OC(C)C)cc2)no1. The molecular weight excluding hydrogens is 382 g/mol. The number of nitrogens with one attached hydrogen (secondary N) is 2. The van der Waals surface area contributed by atoms with Crippen molar-refractivity contribution >= 4 is 41.1 Å². The second-order valence-corrected chi connectivity index (χ2v) is 7.67. The highest BCUT2D eigenvalue weighted by molar-refractivity contribution is 8.01. The summed E-state index contributed by atoms with van der Waals surface area (Å²) in [6, 6.07) is 8.04. The van der Waals surface area contributed by atoms with Gasteiger partial charge in [-0.25, -0.2) is 4.79 Å². The summed E-state index contributed by atoms with van der Waals surface area (Å²) in [4.78, 5) is 36.0. The van der Waals surface area contributed by atoms with Gasteiger partial charge >= 0.3 is 5.97 Å². The second kappa shape index (κ2) is 9.93. The summed E-state index contributed by atoms with van der Waals surface area (Å²) in [6.07, 6.45) is -0.198. The van der Waals surface area contributed by atoms with E-state index in [0.29, 0.717) is 22.8 Å². The van der Waals surface area contributed by atoms with Crippen molar-refractivity contribution in [3.8, 4) is 0 Å². The third-order valence-corrected chi connectivity index (χ3v) is 4.60. The molecule has 0 fully saturated rings. The molecule has 2 aromatic rings. The summed E-state index contributed by atoms with van der Waals surface area (Å²) >= 11 is 1.20. The molecule has 0 radical (unpaired) electrons. The summed E-state index contributed by atoms with van der Waals surface area (Å²) in [5.74, 6) is 0.113. The fourth-order valence-electron chi connectivity index (χ4n) is 2.10. The van der Waals surface area contributed by atoms with Crippen molar-refractivity contribution in [3.63, 3.8) is 0 Å². The molecule has 9 heteroatoms. The number of esters is 1. The molecule has 2 N–H and O–H groups in total. The summed E-state index contributed by atoms with van der Waals surface area (Å²) in [5, 5.41) is 8.60. The van der Waals surface area contributed by atoms with Gasteiger partial charge in [-0.2, -0.15) is 0 Å². The second-order valence-electron chi connectivity index (χ2n) is 6.34. The fraction of sp³-hybridized carbons (Fsp3) is 0.368. The number of carbonyl (C=O) groups excluding carboxylic acids is 3. The molecule has 2 amide bonds. The molecule has 0 saturated heterocycles. The van der Waals surface area contributed by atoms with E-state index in [1.54, 1.807) is 58.0 Å². The molecule has 28 heavy (non-hydrogen) atoms. The number of aryl methyl sites for hydroxylation is 1. The van der Waals surface area contributed by atoms with Gasteiger partial charge in [-0.1, -0.05) is 5.16 Å². The summed E-state index contributed by atoms with van der Waals surface area (Å²) in [7, 11) is 0. The van der Waals surface area contributed by atoms with Crippen molar-refractivity contribution in [1.82, 2.24) is 5.16 Å². The maximum absolute atomic E-state index is 12.1. The predicted octanol–water partition coefficient (Wildman–Crippen LogP) is 3.25. The van der Waals surface area contributed by atoms with E-state index in [0.717, 1.165) is 0 Å². The van der Waals surface area contributed by atoms with E-state index in [2.05, 4.69) is 15.8 Å². The highest BCUT2D eigenvalue weighted by Gasteiger charge is 2.17. The van der Waals surface area contributed by atoms with Crippen LogP contribution in [0.1, 0.15) is 36.9 Å². The molecule has 0 spiro atoms. The number of hydrogen-bond acceptors (Lipinski definition) is 7. The first-order chi connectivity index (χ1) is 13.2. The van der Waals surface area contributed by atoms with E-state index in [1.807, 2.05) is 0 Å². The van der Waals surface area contributed by atoms with Crippen LogP contribution < -0.4 is 10.6 Å². The highest BCUT2D eigenvalue weighted by Crippen LogP contribution is 2.16. The number of aromatic nitrogens is 1. The number of benzene rings is 1. The smallest absolute Gasteiger partial charge is 0.338 e. The van der Waals surface area contributed by atoms with Gasteiger partial charge in [0, 0.05) is 11.8 Å². The Bertz CT molecular complexity index is 832. The van der Waals surface area contributed by atoms with Crippen molar-refractivity contribution in [1.29, 1.82) is 0 Å². The molecule has 1 atom stereocenters. The third-order valence-electron chi connectivity index (χ3n) is 3.46. The maximum atomic E-state index is 12.1. The topological polar surface area (TPSA) is 111 Å². The molecule has 1 aromatic carbocycles. The number of hydrogen-bond donors (Lipinski definition) is 2. The minimum Gasteiger partial charge on any atom is -0.459 e. The number of amides is 2. The van der Waals surface area contributed by atoms with E-state index in [4.69, 9.17) is 9.26 Å². The molecule has 0 bridgehead atoms. The monoisotopic (exact) mass is 405 g/mol.